The molecule has 5 nitrogen and oxygen atoms in total. The highest BCUT2D eigenvalue weighted by Crippen LogP contribution is 2.20. The van der Waals surface area contributed by atoms with Crippen molar-refractivity contribution in [3.63, 3.8) is 0 Å². The summed E-state index contributed by atoms with van der Waals surface area (Å²) in [4.78, 5) is 11.4. The Morgan fingerprint density at radius 3 is 2.81 bits per heavy atom. The molecular formula is C11H15NO4. The number of ether oxygens (including phenoxy) is 2. The number of nitrogen functional groups attached to an aromatic ring is 1. The van der Waals surface area contributed by atoms with Gasteiger partial charge in [-0.25, -0.2) is 4.79 Å². The van der Waals surface area contributed by atoms with Gasteiger partial charge in [0, 0.05) is 6.61 Å². The molecule has 0 spiro atoms. The zero-order valence-corrected chi connectivity index (χ0v) is 9.10. The largest absolute Gasteiger partial charge is 0.506 e. The SMILES string of the molecule is CCOCCOC(=O)c1ccc(N)c(O)c1. The van der Waals surface area contributed by atoms with E-state index in [0.29, 0.717) is 13.2 Å². The molecule has 5 heteroatoms. The fourth-order valence-corrected chi connectivity index (χ4v) is 1.09. The molecule has 0 saturated carbocycles. The highest BCUT2D eigenvalue weighted by atomic mass is 16.6. The Bertz CT molecular complexity index is 365. The predicted octanol–water partition coefficient (Wildman–Crippen LogP) is 1.17. The minimum absolute atomic E-state index is 0.126. The van der Waals surface area contributed by atoms with E-state index < -0.39 is 5.97 Å². The van der Waals surface area contributed by atoms with Gasteiger partial charge in [0.15, 0.2) is 0 Å². The average molecular weight is 225 g/mol. The molecule has 0 saturated heterocycles. The Morgan fingerprint density at radius 2 is 2.19 bits per heavy atom. The minimum atomic E-state index is -0.505. The van der Waals surface area contributed by atoms with Gasteiger partial charge in [0.2, 0.25) is 0 Å². The molecule has 1 aromatic rings. The van der Waals surface area contributed by atoms with Gasteiger partial charge in [-0.05, 0) is 25.1 Å². The summed E-state index contributed by atoms with van der Waals surface area (Å²) < 4.78 is 9.93. The van der Waals surface area contributed by atoms with Gasteiger partial charge in [0.05, 0.1) is 17.9 Å². The average Bonchev–Trinajstić information content (AvgIpc) is 2.28. The van der Waals surface area contributed by atoms with E-state index in [4.69, 9.17) is 15.2 Å². The van der Waals surface area contributed by atoms with Gasteiger partial charge in [-0.15, -0.1) is 0 Å². The lowest BCUT2D eigenvalue weighted by atomic mass is 10.2. The number of carbonyl (C=O) groups is 1. The van der Waals surface area contributed by atoms with Crippen LogP contribution in [0.2, 0.25) is 0 Å². The summed E-state index contributed by atoms with van der Waals surface area (Å²) in [6, 6.07) is 4.23. The number of nitrogens with two attached hydrogens (primary N) is 1. The van der Waals surface area contributed by atoms with Crippen LogP contribution in [0.25, 0.3) is 0 Å². The number of phenols is 1. The van der Waals surface area contributed by atoms with Crippen molar-refractivity contribution < 1.29 is 19.4 Å². The molecule has 0 radical (unpaired) electrons. The molecule has 1 rings (SSSR count). The van der Waals surface area contributed by atoms with Crippen molar-refractivity contribution >= 4 is 11.7 Å². The van der Waals surface area contributed by atoms with Gasteiger partial charge in [-0.3, -0.25) is 0 Å². The second kappa shape index (κ2) is 5.97. The van der Waals surface area contributed by atoms with E-state index in [9.17, 15) is 9.90 Å². The lowest BCUT2D eigenvalue weighted by molar-refractivity contribution is 0.0335. The fourth-order valence-electron chi connectivity index (χ4n) is 1.09. The molecule has 0 aromatic heterocycles. The molecule has 16 heavy (non-hydrogen) atoms. The second-order valence-electron chi connectivity index (χ2n) is 3.11. The van der Waals surface area contributed by atoms with Crippen LogP contribution in [-0.2, 0) is 9.47 Å². The Labute approximate surface area is 93.8 Å². The zero-order chi connectivity index (χ0) is 12.0. The van der Waals surface area contributed by atoms with Crippen LogP contribution in [0.15, 0.2) is 18.2 Å². The monoisotopic (exact) mass is 225 g/mol. The van der Waals surface area contributed by atoms with E-state index in [-0.39, 0.29) is 23.6 Å². The van der Waals surface area contributed by atoms with Crippen molar-refractivity contribution in [3.05, 3.63) is 23.8 Å². The van der Waals surface area contributed by atoms with Crippen molar-refractivity contribution in [1.29, 1.82) is 0 Å². The molecule has 3 N–H and O–H groups in total. The number of benzene rings is 1. The van der Waals surface area contributed by atoms with Crippen LogP contribution in [0.4, 0.5) is 5.69 Å². The quantitative estimate of drug-likeness (QED) is 0.340. The Morgan fingerprint density at radius 1 is 1.44 bits per heavy atom. The van der Waals surface area contributed by atoms with Crippen LogP contribution >= 0.6 is 0 Å². The molecule has 0 unspecified atom stereocenters. The summed E-state index contributed by atoms with van der Waals surface area (Å²) in [6.45, 7) is 3.00. The Balaban J connectivity index is 2.50. The molecule has 0 aliphatic carbocycles. The Hall–Kier alpha value is -1.75. The summed E-state index contributed by atoms with van der Waals surface area (Å²) in [7, 11) is 0. The van der Waals surface area contributed by atoms with Gasteiger partial charge >= 0.3 is 5.97 Å². The number of anilines is 1. The van der Waals surface area contributed by atoms with E-state index in [1.807, 2.05) is 6.92 Å². The molecule has 0 aliphatic heterocycles. The van der Waals surface area contributed by atoms with Gasteiger partial charge in [-0.1, -0.05) is 0 Å². The standard InChI is InChI=1S/C11H15NO4/c1-2-15-5-6-16-11(14)8-3-4-9(12)10(13)7-8/h3-4,7,13H,2,5-6,12H2,1H3. The van der Waals surface area contributed by atoms with Crippen LogP contribution in [0.5, 0.6) is 5.75 Å². The predicted molar refractivity (Wildman–Crippen MR) is 59.3 cm³/mol. The molecule has 0 aliphatic rings. The molecule has 0 heterocycles. The highest BCUT2D eigenvalue weighted by molar-refractivity contribution is 5.90. The van der Waals surface area contributed by atoms with Crippen LogP contribution in [0.1, 0.15) is 17.3 Å². The number of hydrogen-bond acceptors (Lipinski definition) is 5. The van der Waals surface area contributed by atoms with Crippen LogP contribution in [0.3, 0.4) is 0 Å². The summed E-state index contributed by atoms with van der Waals surface area (Å²) in [5.41, 5.74) is 5.90. The molecule has 0 fully saturated rings. The van der Waals surface area contributed by atoms with Crippen LogP contribution in [-0.4, -0.2) is 30.9 Å². The van der Waals surface area contributed by atoms with E-state index in [1.165, 1.54) is 18.2 Å². The lowest BCUT2D eigenvalue weighted by Gasteiger charge is -2.05. The van der Waals surface area contributed by atoms with Gasteiger partial charge < -0.3 is 20.3 Å². The third-order valence-electron chi connectivity index (χ3n) is 1.93. The maximum absolute atomic E-state index is 11.4. The maximum Gasteiger partial charge on any atom is 0.338 e. The first-order valence-electron chi connectivity index (χ1n) is 4.98. The third kappa shape index (κ3) is 3.43. The van der Waals surface area contributed by atoms with Crippen LogP contribution < -0.4 is 5.73 Å². The number of esters is 1. The Kier molecular flexibility index (Phi) is 4.60. The number of aromatic hydroxyl groups is 1. The maximum atomic E-state index is 11.4. The second-order valence-corrected chi connectivity index (χ2v) is 3.11. The summed E-state index contributed by atoms with van der Waals surface area (Å²) in [5, 5.41) is 9.30. The third-order valence-corrected chi connectivity index (χ3v) is 1.93. The van der Waals surface area contributed by atoms with Crippen molar-refractivity contribution in [3.8, 4) is 5.75 Å². The van der Waals surface area contributed by atoms with Crippen molar-refractivity contribution in [2.45, 2.75) is 6.92 Å². The molecule has 0 atom stereocenters. The van der Waals surface area contributed by atoms with Gasteiger partial charge in [-0.2, -0.15) is 0 Å². The van der Waals surface area contributed by atoms with Gasteiger partial charge in [0.25, 0.3) is 0 Å². The first-order valence-corrected chi connectivity index (χ1v) is 4.98. The topological polar surface area (TPSA) is 81.8 Å². The van der Waals surface area contributed by atoms with E-state index in [1.54, 1.807) is 0 Å². The minimum Gasteiger partial charge on any atom is -0.506 e. The zero-order valence-electron chi connectivity index (χ0n) is 9.10. The van der Waals surface area contributed by atoms with Crippen molar-refractivity contribution in [2.24, 2.45) is 0 Å². The lowest BCUT2D eigenvalue weighted by Crippen LogP contribution is -2.10. The molecule has 1 aromatic carbocycles. The first kappa shape index (κ1) is 12.3. The fraction of sp³-hybridized carbons (Fsp3) is 0.364. The number of rotatable bonds is 5. The summed E-state index contributed by atoms with van der Waals surface area (Å²) in [5.74, 6) is -0.630. The van der Waals surface area contributed by atoms with Crippen molar-refractivity contribution in [2.75, 3.05) is 25.6 Å². The highest BCUT2D eigenvalue weighted by Gasteiger charge is 2.08. The van der Waals surface area contributed by atoms with Gasteiger partial charge in [0.1, 0.15) is 12.4 Å². The normalized spacial score (nSPS) is 10.1. The van der Waals surface area contributed by atoms with E-state index in [2.05, 4.69) is 0 Å². The molecule has 88 valence electrons. The first-order chi connectivity index (χ1) is 7.65. The molecular weight excluding hydrogens is 210 g/mol. The number of phenolic OH excluding ortho intramolecular Hbond substituents is 1. The number of hydrogen-bond donors (Lipinski definition) is 2. The van der Waals surface area contributed by atoms with Crippen LogP contribution in [0, 0.1) is 0 Å². The van der Waals surface area contributed by atoms with E-state index in [0.717, 1.165) is 0 Å². The molecule has 0 amide bonds. The number of carbonyl (C=O) groups excluding carboxylic acids is 1. The molecule has 0 bridgehead atoms. The smallest absolute Gasteiger partial charge is 0.338 e. The summed E-state index contributed by atoms with van der Waals surface area (Å²) >= 11 is 0. The summed E-state index contributed by atoms with van der Waals surface area (Å²) in [6.07, 6.45) is 0. The van der Waals surface area contributed by atoms with E-state index >= 15 is 0 Å². The van der Waals surface area contributed by atoms with Crippen molar-refractivity contribution in [1.82, 2.24) is 0 Å².